The number of unbranched alkanes of at least 4 members (excludes halogenated alkanes) is 7. The first-order valence-corrected chi connectivity index (χ1v) is 11.5. The minimum absolute atomic E-state index is 0. The summed E-state index contributed by atoms with van der Waals surface area (Å²) in [6.07, 6.45) is 11.3. The lowest BCUT2D eigenvalue weighted by Crippen LogP contribution is -2.40. The molecule has 0 spiro atoms. The molecule has 30 heavy (non-hydrogen) atoms. The van der Waals surface area contributed by atoms with Crippen LogP contribution in [0.2, 0.25) is 0 Å². The van der Waals surface area contributed by atoms with Crippen LogP contribution in [0.5, 0.6) is 5.75 Å². The molecule has 1 unspecified atom stereocenters. The quantitative estimate of drug-likeness (QED) is 0.228. The lowest BCUT2D eigenvalue weighted by Gasteiger charge is -2.32. The summed E-state index contributed by atoms with van der Waals surface area (Å²) in [7, 11) is 1.72. The number of nitrogens with one attached hydrogen (secondary N) is 1. The first kappa shape index (κ1) is 28.7. The Morgan fingerprint density at radius 1 is 1.00 bits per heavy atom. The van der Waals surface area contributed by atoms with Crippen molar-refractivity contribution >= 4 is 18.4 Å². The van der Waals surface area contributed by atoms with Gasteiger partial charge in [-0.1, -0.05) is 51.5 Å². The number of methoxy groups -OCH3 is 1. The van der Waals surface area contributed by atoms with Crippen LogP contribution in [0.1, 0.15) is 96.1 Å². The van der Waals surface area contributed by atoms with Crippen LogP contribution in [0.15, 0.2) is 18.2 Å². The van der Waals surface area contributed by atoms with E-state index in [0.717, 1.165) is 31.6 Å². The van der Waals surface area contributed by atoms with E-state index in [2.05, 4.69) is 44.3 Å². The first-order chi connectivity index (χ1) is 14.0. The van der Waals surface area contributed by atoms with E-state index in [1.54, 1.807) is 7.11 Å². The van der Waals surface area contributed by atoms with Gasteiger partial charge in [-0.25, -0.2) is 0 Å². The maximum absolute atomic E-state index is 11.3. The van der Waals surface area contributed by atoms with Gasteiger partial charge in [0.05, 0.1) is 13.7 Å². The molecule has 5 heteroatoms. The number of carbonyl (C=O) groups is 1. The van der Waals surface area contributed by atoms with Crippen molar-refractivity contribution < 1.29 is 14.3 Å². The molecule has 0 aliphatic heterocycles. The number of hydrogen-bond donors (Lipinski definition) is 1. The summed E-state index contributed by atoms with van der Waals surface area (Å²) in [5.41, 5.74) is 2.66. The topological polar surface area (TPSA) is 47.6 Å². The molecule has 0 saturated carbocycles. The summed E-state index contributed by atoms with van der Waals surface area (Å²) in [5.74, 6) is 0.870. The molecule has 1 rings (SSSR count). The second-order valence-corrected chi connectivity index (χ2v) is 8.18. The summed E-state index contributed by atoms with van der Waals surface area (Å²) >= 11 is 0. The van der Waals surface area contributed by atoms with Crippen molar-refractivity contribution in [2.75, 3.05) is 20.3 Å². The largest absolute Gasteiger partial charge is 0.497 e. The standard InChI is InChI=1S/C25H43NO3.ClH/c1-6-25(4,23-18-17-22(28-5)20-21(23)3)26-19-15-13-11-9-8-10-12-14-16-24(27)29-7-2;/h17-18,20,26H,6-16,19H2,1-5H3;1H. The Labute approximate surface area is 190 Å². The summed E-state index contributed by atoms with van der Waals surface area (Å²) in [5, 5.41) is 3.80. The molecule has 0 aromatic heterocycles. The lowest BCUT2D eigenvalue weighted by atomic mass is 9.86. The zero-order chi connectivity index (χ0) is 21.5. The number of hydrogen-bond acceptors (Lipinski definition) is 4. The second-order valence-electron chi connectivity index (χ2n) is 8.18. The number of halogens is 1. The molecule has 1 aromatic carbocycles. The van der Waals surface area contributed by atoms with E-state index in [9.17, 15) is 4.79 Å². The number of ether oxygens (including phenoxy) is 2. The first-order valence-electron chi connectivity index (χ1n) is 11.5. The number of rotatable bonds is 16. The van der Waals surface area contributed by atoms with Crippen LogP contribution in [-0.2, 0) is 15.1 Å². The molecule has 0 radical (unpaired) electrons. The van der Waals surface area contributed by atoms with E-state index in [1.807, 2.05) is 6.92 Å². The highest BCUT2D eigenvalue weighted by Crippen LogP contribution is 2.30. The molecule has 0 aliphatic rings. The maximum Gasteiger partial charge on any atom is 0.305 e. The molecular formula is C25H44ClNO3. The number of esters is 1. The summed E-state index contributed by atoms with van der Waals surface area (Å²) in [6, 6.07) is 6.38. The number of carbonyl (C=O) groups excluding carboxylic acids is 1. The molecule has 174 valence electrons. The smallest absolute Gasteiger partial charge is 0.305 e. The fourth-order valence-corrected chi connectivity index (χ4v) is 3.85. The van der Waals surface area contributed by atoms with Crippen LogP contribution in [0.3, 0.4) is 0 Å². The predicted molar refractivity (Wildman–Crippen MR) is 129 cm³/mol. The number of benzene rings is 1. The fraction of sp³-hybridized carbons (Fsp3) is 0.720. The minimum Gasteiger partial charge on any atom is -0.497 e. The highest BCUT2D eigenvalue weighted by Gasteiger charge is 2.25. The van der Waals surface area contributed by atoms with E-state index in [1.165, 1.54) is 49.7 Å². The van der Waals surface area contributed by atoms with Crippen LogP contribution < -0.4 is 10.1 Å². The second kappa shape index (κ2) is 16.4. The van der Waals surface area contributed by atoms with Crippen LogP contribution in [0, 0.1) is 6.92 Å². The van der Waals surface area contributed by atoms with Crippen LogP contribution in [-0.4, -0.2) is 26.2 Å². The minimum atomic E-state index is -0.0519. The molecular weight excluding hydrogens is 398 g/mol. The molecule has 1 aromatic rings. The molecule has 0 bridgehead atoms. The van der Waals surface area contributed by atoms with Gasteiger partial charge in [-0.3, -0.25) is 4.79 Å². The van der Waals surface area contributed by atoms with Gasteiger partial charge < -0.3 is 14.8 Å². The highest BCUT2D eigenvalue weighted by atomic mass is 35.5. The number of aryl methyl sites for hydroxylation is 1. The molecule has 4 nitrogen and oxygen atoms in total. The normalized spacial score (nSPS) is 12.7. The van der Waals surface area contributed by atoms with Gasteiger partial charge in [0, 0.05) is 12.0 Å². The maximum atomic E-state index is 11.3. The van der Waals surface area contributed by atoms with E-state index < -0.39 is 0 Å². The third-order valence-corrected chi connectivity index (χ3v) is 5.86. The molecule has 0 aliphatic carbocycles. The van der Waals surface area contributed by atoms with Crippen LogP contribution in [0.25, 0.3) is 0 Å². The SMILES string of the molecule is CCOC(=O)CCCCCCCCCCNC(C)(CC)c1ccc(OC)cc1C.Cl. The van der Waals surface area contributed by atoms with Crippen molar-refractivity contribution in [3.63, 3.8) is 0 Å². The average molecular weight is 442 g/mol. The Morgan fingerprint density at radius 3 is 2.13 bits per heavy atom. The molecule has 1 atom stereocenters. The molecule has 0 saturated heterocycles. The molecule has 1 N–H and O–H groups in total. The summed E-state index contributed by atoms with van der Waals surface area (Å²) in [4.78, 5) is 11.3. The van der Waals surface area contributed by atoms with Gasteiger partial charge >= 0.3 is 5.97 Å². The van der Waals surface area contributed by atoms with Gasteiger partial charge in [-0.05, 0) is 69.8 Å². The zero-order valence-corrected chi connectivity index (χ0v) is 20.7. The van der Waals surface area contributed by atoms with E-state index in [0.29, 0.717) is 13.0 Å². The Morgan fingerprint density at radius 2 is 1.60 bits per heavy atom. The predicted octanol–water partition coefficient (Wildman–Crippen LogP) is 6.71. The Bertz CT molecular complexity index is 594. The van der Waals surface area contributed by atoms with Gasteiger partial charge in [0.15, 0.2) is 0 Å². The Hall–Kier alpha value is -1.26. The van der Waals surface area contributed by atoms with Crippen molar-refractivity contribution in [3.8, 4) is 5.75 Å². The summed E-state index contributed by atoms with van der Waals surface area (Å²) in [6.45, 7) is 10.1. The van der Waals surface area contributed by atoms with Crippen molar-refractivity contribution in [1.29, 1.82) is 0 Å². The molecule has 0 fully saturated rings. The van der Waals surface area contributed by atoms with Gasteiger partial charge in [0.25, 0.3) is 0 Å². The lowest BCUT2D eigenvalue weighted by molar-refractivity contribution is -0.143. The third-order valence-electron chi connectivity index (χ3n) is 5.86. The molecule has 0 heterocycles. The summed E-state index contributed by atoms with van der Waals surface area (Å²) < 4.78 is 10.3. The third kappa shape index (κ3) is 10.7. The van der Waals surface area contributed by atoms with Crippen molar-refractivity contribution in [2.45, 2.75) is 97.4 Å². The Kier molecular flexibility index (Phi) is 15.7. The van der Waals surface area contributed by atoms with Crippen LogP contribution in [0.4, 0.5) is 0 Å². The van der Waals surface area contributed by atoms with Gasteiger partial charge in [0.1, 0.15) is 5.75 Å². The van der Waals surface area contributed by atoms with E-state index >= 15 is 0 Å². The van der Waals surface area contributed by atoms with Gasteiger partial charge in [-0.2, -0.15) is 0 Å². The van der Waals surface area contributed by atoms with Crippen LogP contribution >= 0.6 is 12.4 Å². The Balaban J connectivity index is 0.00000841. The fourth-order valence-electron chi connectivity index (χ4n) is 3.85. The molecule has 0 amide bonds. The highest BCUT2D eigenvalue weighted by molar-refractivity contribution is 5.85. The zero-order valence-electron chi connectivity index (χ0n) is 19.9. The average Bonchev–Trinajstić information content (AvgIpc) is 2.71. The van der Waals surface area contributed by atoms with Crippen molar-refractivity contribution in [1.82, 2.24) is 5.32 Å². The van der Waals surface area contributed by atoms with E-state index in [4.69, 9.17) is 9.47 Å². The van der Waals surface area contributed by atoms with Gasteiger partial charge in [0.2, 0.25) is 0 Å². The van der Waals surface area contributed by atoms with Crippen molar-refractivity contribution in [3.05, 3.63) is 29.3 Å². The van der Waals surface area contributed by atoms with Crippen molar-refractivity contribution in [2.24, 2.45) is 0 Å². The van der Waals surface area contributed by atoms with E-state index in [-0.39, 0.29) is 23.9 Å². The van der Waals surface area contributed by atoms with Gasteiger partial charge in [-0.15, -0.1) is 12.4 Å². The monoisotopic (exact) mass is 441 g/mol.